The molecule has 6 heterocycles. The monoisotopic (exact) mass is 1030 g/mol. The number of aromatic nitrogens is 8. The van der Waals surface area contributed by atoms with Crippen molar-refractivity contribution in [2.45, 2.75) is 49.1 Å². The summed E-state index contributed by atoms with van der Waals surface area (Å²) >= 11 is 0. The summed E-state index contributed by atoms with van der Waals surface area (Å²) in [6, 6.07) is 0. The predicted octanol–water partition coefficient (Wildman–Crippen LogP) is -3.63. The summed E-state index contributed by atoms with van der Waals surface area (Å²) in [5.74, 6) is -0.765. The van der Waals surface area contributed by atoms with E-state index in [1.165, 1.54) is 0 Å². The molecule has 0 radical (unpaired) electrons. The van der Waals surface area contributed by atoms with Crippen molar-refractivity contribution in [3.05, 3.63) is 33.4 Å². The van der Waals surface area contributed by atoms with E-state index in [0.717, 1.165) is 21.8 Å². The van der Waals surface area contributed by atoms with Gasteiger partial charge in [0.2, 0.25) is 11.9 Å². The molecule has 4 aromatic heterocycles. The van der Waals surface area contributed by atoms with Crippen LogP contribution in [0.15, 0.2) is 22.2 Å². The summed E-state index contributed by atoms with van der Waals surface area (Å²) in [6.45, 7) is -2.56. The number of nitrogens with two attached hydrogens (primary N) is 2. The van der Waals surface area contributed by atoms with Crippen LogP contribution in [0.4, 0.5) is 11.9 Å². The molecule has 2 aliphatic heterocycles. The highest BCUT2D eigenvalue weighted by atomic mass is 31.3. The molecule has 0 spiro atoms. The maximum Gasteiger partial charge on any atom is 0.490 e. The van der Waals surface area contributed by atoms with Gasteiger partial charge < -0.3 is 70.7 Å². The first-order valence-electron chi connectivity index (χ1n) is 16.2. The number of rotatable bonds is 18. The first kappa shape index (κ1) is 49.4. The van der Waals surface area contributed by atoms with E-state index in [1.807, 2.05) is 0 Å². The van der Waals surface area contributed by atoms with Gasteiger partial charge in [-0.25, -0.2) is 37.4 Å². The van der Waals surface area contributed by atoms with Crippen molar-refractivity contribution in [3.63, 3.8) is 0 Å². The first-order chi connectivity index (χ1) is 28.9. The molecule has 14 atom stereocenters. The second kappa shape index (κ2) is 17.6. The fourth-order valence-corrected chi connectivity index (χ4v) is 13.4. The van der Waals surface area contributed by atoms with Crippen molar-refractivity contribution in [1.82, 2.24) is 39.0 Å². The lowest BCUT2D eigenvalue weighted by atomic mass is 10.1. The van der Waals surface area contributed by atoms with Crippen LogP contribution in [0.25, 0.3) is 22.3 Å². The topological polar surface area (TPSA) is 567 Å². The van der Waals surface area contributed by atoms with Crippen LogP contribution in [-0.4, -0.2) is 139 Å². The standard InChI is InChI=1S/C20H30N10O27P6/c21-19-25-13-7(15(35)27-19)23-3-29(13)17-11(33)9(31)5(51-17)1-49-58(37,38)53-60(41,42)55-62(45,46)57-63(47,48)56-61(43,44)54-59(39,40)50-2-6-10(32)12(34)18(52-6)30-4-24-8-14(30)26-20(22)28-16(8)36/h3-6,9-12,17-18,31-34H,1-2H2,(H,37,38)(H,39,40)(H,41,42)(H,43,44)(H,45,46)(H,47,48)(H3,21,25,27,35)(H3,22,26,28,36)/t5-,6-,9-,10-,11-,12-,17-,18-/m1/s1. The number of aliphatic hydroxyl groups is 4. The molecule has 63 heavy (non-hydrogen) atoms. The number of phosphoric ester groups is 2. The zero-order valence-electron chi connectivity index (χ0n) is 30.1. The van der Waals surface area contributed by atoms with Crippen LogP contribution in [-0.2, 0) is 67.5 Å². The number of nitrogens with zero attached hydrogens (tertiary/aromatic N) is 6. The van der Waals surface area contributed by atoms with Crippen molar-refractivity contribution >= 4 is 81.2 Å². The number of nitrogen functional groups attached to an aromatic ring is 2. The zero-order chi connectivity index (χ0) is 46.8. The summed E-state index contributed by atoms with van der Waals surface area (Å²) in [4.78, 5) is 103. The average Bonchev–Trinajstić information content (AvgIpc) is 3.85. The highest BCUT2D eigenvalue weighted by Crippen LogP contribution is 2.75. The minimum atomic E-state index is -6.63. The molecular formula is C20H30N10O27P6. The average molecular weight is 1030 g/mol. The zero-order valence-corrected chi connectivity index (χ0v) is 35.5. The van der Waals surface area contributed by atoms with Gasteiger partial charge in [0, 0.05) is 0 Å². The van der Waals surface area contributed by atoms with Gasteiger partial charge in [-0.2, -0.15) is 31.5 Å². The summed E-state index contributed by atoms with van der Waals surface area (Å²) in [6.07, 6.45) is -12.6. The molecule has 2 saturated heterocycles. The van der Waals surface area contributed by atoms with E-state index in [-0.39, 0.29) is 34.2 Å². The number of hydrogen-bond acceptors (Lipinski definition) is 27. The van der Waals surface area contributed by atoms with Gasteiger partial charge in [0.05, 0.1) is 25.9 Å². The van der Waals surface area contributed by atoms with Crippen LogP contribution in [0.3, 0.4) is 0 Å². The second-order valence-electron chi connectivity index (χ2n) is 12.5. The largest absolute Gasteiger partial charge is 0.490 e. The van der Waals surface area contributed by atoms with Gasteiger partial charge in [0.1, 0.15) is 36.6 Å². The van der Waals surface area contributed by atoms with Crippen molar-refractivity contribution in [2.75, 3.05) is 24.7 Å². The lowest BCUT2D eigenvalue weighted by Crippen LogP contribution is -2.33. The van der Waals surface area contributed by atoms with Gasteiger partial charge >= 0.3 is 46.9 Å². The molecule has 37 nitrogen and oxygen atoms in total. The fraction of sp³-hybridized carbons (Fsp3) is 0.500. The molecule has 16 N–H and O–H groups in total. The highest BCUT2D eigenvalue weighted by Gasteiger charge is 2.52. The number of anilines is 2. The Kier molecular flexibility index (Phi) is 13.8. The van der Waals surface area contributed by atoms with Gasteiger partial charge in [0.15, 0.2) is 34.8 Å². The minimum absolute atomic E-state index is 0.245. The third-order valence-electron chi connectivity index (χ3n) is 7.96. The summed E-state index contributed by atoms with van der Waals surface area (Å²) in [5, 5.41) is 41.8. The summed E-state index contributed by atoms with van der Waals surface area (Å²) in [5.41, 5.74) is 8.36. The van der Waals surface area contributed by atoms with Crippen molar-refractivity contribution < 1.29 is 117 Å². The van der Waals surface area contributed by atoms with E-state index in [1.54, 1.807) is 0 Å². The Morgan fingerprint density at radius 1 is 0.556 bits per heavy atom. The molecule has 2 aliphatic rings. The van der Waals surface area contributed by atoms with Crippen molar-refractivity contribution in [2.24, 2.45) is 0 Å². The van der Waals surface area contributed by atoms with Crippen LogP contribution >= 0.6 is 46.9 Å². The third kappa shape index (κ3) is 11.5. The normalized spacial score (nSPS) is 30.0. The summed E-state index contributed by atoms with van der Waals surface area (Å²) in [7, 11) is -38.2. The SMILES string of the molecule is Nc1nc2c(ncn2[C@@H]2O[C@H](COP(=O)(O)OP(=O)(O)OP(=O)(O)OP(=O)(O)OP(=O)(O)OP(=O)(O)OC[C@H]3O[C@@H](n4cnc5c(=O)[nH]c(N)nc54)[C@H](O)[C@@H]3O)[C@@H](O)[C@H]2O)c(=O)[nH]1. The number of aliphatic hydroxyl groups excluding tert-OH is 4. The van der Waals surface area contributed by atoms with Crippen LogP contribution < -0.4 is 22.6 Å². The highest BCUT2D eigenvalue weighted by molar-refractivity contribution is 7.72. The number of nitrogens with one attached hydrogen (secondary N) is 2. The van der Waals surface area contributed by atoms with E-state index >= 15 is 0 Å². The first-order valence-corrected chi connectivity index (χ1v) is 25.2. The Hall–Kier alpha value is -3.08. The van der Waals surface area contributed by atoms with Gasteiger partial charge in [-0.15, -0.1) is 0 Å². The van der Waals surface area contributed by atoms with Crippen LogP contribution in [0.2, 0.25) is 0 Å². The number of ether oxygens (including phenoxy) is 2. The van der Waals surface area contributed by atoms with Gasteiger partial charge in [-0.1, -0.05) is 0 Å². The Balaban J connectivity index is 1.000. The van der Waals surface area contributed by atoms with Crippen molar-refractivity contribution in [3.8, 4) is 0 Å². The smallest absolute Gasteiger partial charge is 0.387 e. The van der Waals surface area contributed by atoms with E-state index in [9.17, 15) is 86.8 Å². The van der Waals surface area contributed by atoms with Gasteiger partial charge in [0.25, 0.3) is 11.1 Å². The van der Waals surface area contributed by atoms with E-state index in [4.69, 9.17) is 20.9 Å². The molecule has 0 aromatic carbocycles. The minimum Gasteiger partial charge on any atom is -0.387 e. The molecule has 0 saturated carbocycles. The van der Waals surface area contributed by atoms with Crippen LogP contribution in [0.1, 0.15) is 12.5 Å². The number of imidazole rings is 2. The second-order valence-corrected chi connectivity index (χ2v) is 21.9. The van der Waals surface area contributed by atoms with Crippen LogP contribution in [0, 0.1) is 0 Å². The number of hydrogen-bond donors (Lipinski definition) is 14. The Morgan fingerprint density at radius 2 is 0.857 bits per heavy atom. The lowest BCUT2D eigenvalue weighted by Gasteiger charge is -2.22. The van der Waals surface area contributed by atoms with Crippen LogP contribution in [0.5, 0.6) is 0 Å². The fourth-order valence-electron chi connectivity index (χ4n) is 5.55. The number of phosphoric acid groups is 6. The molecule has 4 aromatic rings. The molecule has 2 fully saturated rings. The van der Waals surface area contributed by atoms with E-state index < -0.39 is 120 Å². The molecule has 0 aliphatic carbocycles. The summed E-state index contributed by atoms with van der Waals surface area (Å²) < 4.78 is 114. The van der Waals surface area contributed by atoms with E-state index in [0.29, 0.717) is 0 Å². The molecule has 0 bridgehead atoms. The Morgan fingerprint density at radius 3 is 1.17 bits per heavy atom. The molecular weight excluding hydrogens is 998 g/mol. The maximum atomic E-state index is 12.4. The molecule has 0 amide bonds. The number of H-pyrrole nitrogens is 2. The Labute approximate surface area is 344 Å². The van der Waals surface area contributed by atoms with Gasteiger partial charge in [-0.05, 0) is 0 Å². The predicted molar refractivity (Wildman–Crippen MR) is 193 cm³/mol. The molecule has 43 heteroatoms. The third-order valence-corrected chi connectivity index (χ3v) is 17.2. The van der Waals surface area contributed by atoms with Gasteiger partial charge in [-0.3, -0.25) is 37.7 Å². The lowest BCUT2D eigenvalue weighted by molar-refractivity contribution is -0.0503. The Bertz CT molecular complexity index is 2630. The quantitative estimate of drug-likeness (QED) is 0.0428. The number of fused-ring (bicyclic) bond motifs is 2. The molecule has 6 rings (SSSR count). The number of aromatic amines is 2. The van der Waals surface area contributed by atoms with Crippen molar-refractivity contribution in [1.29, 1.82) is 0 Å². The van der Waals surface area contributed by atoms with E-state index in [2.05, 4.69) is 60.5 Å². The molecule has 352 valence electrons. The maximum absolute atomic E-state index is 12.4. The molecule has 6 unspecified atom stereocenters.